The monoisotopic (exact) mass is 78.1 g/mol. The molecule has 0 radical (unpaired) electrons. The van der Waals surface area contributed by atoms with Gasteiger partial charge in [0.15, 0.2) is 0 Å². The van der Waals surface area contributed by atoms with Crippen molar-refractivity contribution in [2.45, 2.75) is 6.92 Å². The van der Waals surface area contributed by atoms with E-state index in [2.05, 4.69) is 5.90 Å². The van der Waals surface area contributed by atoms with Gasteiger partial charge in [0.1, 0.15) is 0 Å². The molecule has 0 amide bonds. The van der Waals surface area contributed by atoms with Crippen molar-refractivity contribution < 1.29 is 5.21 Å². The van der Waals surface area contributed by atoms with Crippen LogP contribution in [0.1, 0.15) is 6.92 Å². The molecule has 0 unspecified atom stereocenters. The number of hydrogen-bond acceptors (Lipinski definition) is 3. The standard InChI is InChI=1S/C2H7N.H3NO/c1-2-3;1-2/h2-3H2,1H3;2H,1H2. The van der Waals surface area contributed by atoms with Crippen LogP contribution in [0, 0.1) is 0 Å². The van der Waals surface area contributed by atoms with Crippen LogP contribution in [0.3, 0.4) is 0 Å². The van der Waals surface area contributed by atoms with E-state index >= 15 is 0 Å². The summed E-state index contributed by atoms with van der Waals surface area (Å²) < 4.78 is 0. The molecule has 3 nitrogen and oxygen atoms in total. The molecule has 0 saturated heterocycles. The van der Waals surface area contributed by atoms with Crippen molar-refractivity contribution in [1.29, 1.82) is 0 Å². The highest BCUT2D eigenvalue weighted by Gasteiger charge is 1.32. The molecule has 0 rings (SSSR count). The molecule has 0 aliphatic carbocycles. The van der Waals surface area contributed by atoms with Gasteiger partial charge in [-0.25, -0.2) is 5.90 Å². The summed E-state index contributed by atoms with van der Waals surface area (Å²) in [6.07, 6.45) is 0. The highest BCUT2D eigenvalue weighted by Crippen LogP contribution is 1.20. The lowest BCUT2D eigenvalue weighted by Gasteiger charge is -1.53. The molecule has 0 saturated carbocycles. The van der Waals surface area contributed by atoms with Crippen molar-refractivity contribution in [2.24, 2.45) is 11.6 Å². The molecule has 0 aromatic heterocycles. The summed E-state index contributed by atoms with van der Waals surface area (Å²) in [5.41, 5.74) is 4.85. The van der Waals surface area contributed by atoms with Crippen LogP contribution in [0.5, 0.6) is 0 Å². The fourth-order valence-corrected chi connectivity index (χ4v) is 0. The van der Waals surface area contributed by atoms with Crippen LogP contribution in [0.25, 0.3) is 0 Å². The quantitative estimate of drug-likeness (QED) is 0.335. The van der Waals surface area contributed by atoms with Crippen LogP contribution in [-0.4, -0.2) is 11.8 Å². The van der Waals surface area contributed by atoms with Gasteiger partial charge in [-0.15, -0.1) is 0 Å². The zero-order valence-corrected chi connectivity index (χ0v) is 3.31. The zero-order chi connectivity index (χ0) is 4.71. The van der Waals surface area contributed by atoms with E-state index < -0.39 is 0 Å². The average Bonchev–Trinajstić information content (AvgIpc) is 1.46. The van der Waals surface area contributed by atoms with Crippen molar-refractivity contribution in [3.8, 4) is 0 Å². The van der Waals surface area contributed by atoms with E-state index in [1.54, 1.807) is 0 Å². The Balaban J connectivity index is 0. The Labute approximate surface area is 31.5 Å². The van der Waals surface area contributed by atoms with Gasteiger partial charge < -0.3 is 10.9 Å². The normalized spacial score (nSPS) is 4.80. The molecule has 0 atom stereocenters. The van der Waals surface area contributed by atoms with Gasteiger partial charge >= 0.3 is 0 Å². The molecule has 0 fully saturated rings. The Bertz CT molecular complexity index is 7.61. The summed E-state index contributed by atoms with van der Waals surface area (Å²) in [4.78, 5) is 0. The van der Waals surface area contributed by atoms with Crippen LogP contribution in [-0.2, 0) is 0 Å². The van der Waals surface area contributed by atoms with Crippen LogP contribution in [0.2, 0.25) is 0 Å². The van der Waals surface area contributed by atoms with Crippen molar-refractivity contribution in [2.75, 3.05) is 6.54 Å². The maximum atomic E-state index is 6.50. The third-order valence-electron chi connectivity index (χ3n) is 0. The predicted octanol–water partition coefficient (Wildman–Crippen LogP) is -0.701. The Hall–Kier alpha value is -0.120. The highest BCUT2D eigenvalue weighted by molar-refractivity contribution is 4.00. The molecule has 0 heterocycles. The predicted molar refractivity (Wildman–Crippen MR) is 20.7 cm³/mol. The van der Waals surface area contributed by atoms with Crippen molar-refractivity contribution in [3.05, 3.63) is 0 Å². The first-order valence-electron chi connectivity index (χ1n) is 1.37. The van der Waals surface area contributed by atoms with E-state index in [9.17, 15) is 0 Å². The third-order valence-corrected chi connectivity index (χ3v) is 0. The topological polar surface area (TPSA) is 72.3 Å². The maximum absolute atomic E-state index is 6.50. The summed E-state index contributed by atoms with van der Waals surface area (Å²) in [5.74, 6) is 3.50. The summed E-state index contributed by atoms with van der Waals surface area (Å²) in [5, 5.41) is 6.50. The Kier molecular flexibility index (Phi) is 73.6. The minimum Gasteiger partial charge on any atom is -0.331 e. The van der Waals surface area contributed by atoms with E-state index in [-0.39, 0.29) is 0 Å². The Morgan fingerprint density at radius 3 is 1.60 bits per heavy atom. The maximum Gasteiger partial charge on any atom is -0.0106 e. The Morgan fingerprint density at radius 1 is 1.60 bits per heavy atom. The van der Waals surface area contributed by atoms with Crippen LogP contribution in [0.4, 0.5) is 0 Å². The van der Waals surface area contributed by atoms with Crippen molar-refractivity contribution >= 4 is 0 Å². The molecule has 34 valence electrons. The molecular formula is C2H10N2O. The smallest absolute Gasteiger partial charge is 0.0106 e. The van der Waals surface area contributed by atoms with Gasteiger partial charge in [0.25, 0.3) is 0 Å². The van der Waals surface area contributed by atoms with Crippen LogP contribution < -0.4 is 11.6 Å². The molecule has 0 bridgehead atoms. The number of hydrogen-bond donors (Lipinski definition) is 3. The van der Waals surface area contributed by atoms with E-state index in [4.69, 9.17) is 10.9 Å². The fourth-order valence-electron chi connectivity index (χ4n) is 0. The minimum absolute atomic E-state index is 0.750. The van der Waals surface area contributed by atoms with Gasteiger partial charge in [-0.3, -0.25) is 0 Å². The second kappa shape index (κ2) is 41.6. The largest absolute Gasteiger partial charge is 0.331 e. The second-order valence-corrected chi connectivity index (χ2v) is 0.408. The number of rotatable bonds is 0. The average molecular weight is 78.1 g/mol. The molecule has 0 aromatic carbocycles. The van der Waals surface area contributed by atoms with Gasteiger partial charge in [0.05, 0.1) is 0 Å². The van der Waals surface area contributed by atoms with Gasteiger partial charge in [-0.05, 0) is 6.54 Å². The second-order valence-electron chi connectivity index (χ2n) is 0.408. The fraction of sp³-hybridized carbons (Fsp3) is 1.00. The van der Waals surface area contributed by atoms with Gasteiger partial charge in [0, 0.05) is 0 Å². The molecular weight excluding hydrogens is 68.0 g/mol. The van der Waals surface area contributed by atoms with Crippen LogP contribution in [0.15, 0.2) is 0 Å². The van der Waals surface area contributed by atoms with Gasteiger partial charge in [-0.1, -0.05) is 6.92 Å². The van der Waals surface area contributed by atoms with E-state index in [1.807, 2.05) is 6.92 Å². The first-order valence-corrected chi connectivity index (χ1v) is 1.37. The van der Waals surface area contributed by atoms with E-state index in [1.165, 1.54) is 0 Å². The van der Waals surface area contributed by atoms with Gasteiger partial charge in [0.2, 0.25) is 0 Å². The summed E-state index contributed by atoms with van der Waals surface area (Å²) in [7, 11) is 0. The molecule has 0 aliphatic rings. The summed E-state index contributed by atoms with van der Waals surface area (Å²) >= 11 is 0. The first-order chi connectivity index (χ1) is 2.41. The molecule has 0 aromatic rings. The molecule has 0 aliphatic heterocycles. The highest BCUT2D eigenvalue weighted by atomic mass is 16.4. The Morgan fingerprint density at radius 2 is 1.60 bits per heavy atom. The molecule has 5 N–H and O–H groups in total. The lowest BCUT2D eigenvalue weighted by atomic mass is 10.8. The lowest BCUT2D eigenvalue weighted by molar-refractivity contribution is 0.311. The minimum atomic E-state index is 0.750. The first kappa shape index (κ1) is 8.86. The van der Waals surface area contributed by atoms with Crippen molar-refractivity contribution in [3.63, 3.8) is 0 Å². The summed E-state index contributed by atoms with van der Waals surface area (Å²) in [6.45, 7) is 2.65. The molecule has 3 heteroatoms. The molecule has 0 spiro atoms. The zero-order valence-electron chi connectivity index (χ0n) is 3.31. The SMILES string of the molecule is CCN.NO. The van der Waals surface area contributed by atoms with Crippen LogP contribution >= 0.6 is 0 Å². The third kappa shape index (κ3) is 952. The summed E-state index contributed by atoms with van der Waals surface area (Å²) in [6, 6.07) is 0. The lowest BCUT2D eigenvalue weighted by Crippen LogP contribution is -1.87. The number of nitrogens with two attached hydrogens (primary N) is 2. The van der Waals surface area contributed by atoms with Gasteiger partial charge in [-0.2, -0.15) is 0 Å². The molecule has 5 heavy (non-hydrogen) atoms. The van der Waals surface area contributed by atoms with E-state index in [0.29, 0.717) is 0 Å². The van der Waals surface area contributed by atoms with Crippen molar-refractivity contribution in [1.82, 2.24) is 0 Å². The van der Waals surface area contributed by atoms with E-state index in [0.717, 1.165) is 6.54 Å².